The number of hydrogen-bond donors (Lipinski definition) is 1. The van der Waals surface area contributed by atoms with E-state index in [1.54, 1.807) is 0 Å². The zero-order valence-corrected chi connectivity index (χ0v) is 15.3. The molecular weight excluding hydrogens is 318 g/mol. The van der Waals surface area contributed by atoms with E-state index >= 15 is 0 Å². The Labute approximate surface area is 148 Å². The van der Waals surface area contributed by atoms with E-state index in [9.17, 15) is 8.78 Å². The van der Waals surface area contributed by atoms with E-state index in [0.29, 0.717) is 18.7 Å². The topological polar surface area (TPSA) is 29.3 Å². The van der Waals surface area contributed by atoms with E-state index in [-0.39, 0.29) is 17.4 Å². The van der Waals surface area contributed by atoms with E-state index in [1.807, 2.05) is 7.05 Å². The minimum absolute atomic E-state index is 0.0324. The van der Waals surface area contributed by atoms with Crippen LogP contribution in [0.3, 0.4) is 0 Å². The monoisotopic (exact) mass is 344 g/mol. The number of halogens is 2. The van der Waals surface area contributed by atoms with Gasteiger partial charge in [-0.2, -0.15) is 0 Å². The maximum Gasteiger partial charge on any atom is 0.126 e. The lowest BCUT2D eigenvalue weighted by atomic mass is 9.77. The van der Waals surface area contributed by atoms with Gasteiger partial charge in [0, 0.05) is 31.1 Å². The summed E-state index contributed by atoms with van der Waals surface area (Å²) in [6, 6.07) is 10.4. The average molecular weight is 344 g/mol. The number of benzene rings is 2. The number of hydrogen-bond acceptors (Lipinski definition) is 2. The lowest BCUT2D eigenvalue weighted by Crippen LogP contribution is -2.39. The van der Waals surface area contributed by atoms with E-state index in [2.05, 4.69) is 43.9 Å². The summed E-state index contributed by atoms with van der Waals surface area (Å²) in [6.07, 6.45) is 0. The van der Waals surface area contributed by atoms with Gasteiger partial charge in [0.2, 0.25) is 0 Å². The summed E-state index contributed by atoms with van der Waals surface area (Å²) >= 11 is 0. The fraction of sp³-hybridized carbons (Fsp3) is 0.429. The number of nitrogens with zero attached hydrogens (tertiary/aromatic N) is 1. The van der Waals surface area contributed by atoms with Crippen LogP contribution >= 0.6 is 0 Å². The molecule has 2 atom stereocenters. The Morgan fingerprint density at radius 2 is 1.68 bits per heavy atom. The van der Waals surface area contributed by atoms with Gasteiger partial charge in [0.05, 0.1) is 0 Å². The minimum Gasteiger partial charge on any atom is -0.329 e. The SMILES string of the molecule is CN1CC(c2cc(F)cc(F)c2)c2ccc(C(C)(C)C)cc2C1CN. The van der Waals surface area contributed by atoms with Crippen molar-refractivity contribution in [3.05, 3.63) is 70.3 Å². The number of rotatable bonds is 2. The van der Waals surface area contributed by atoms with Gasteiger partial charge in [-0.3, -0.25) is 4.90 Å². The smallest absolute Gasteiger partial charge is 0.126 e. The Kier molecular flexibility index (Phi) is 4.69. The molecule has 0 amide bonds. The normalized spacial score (nSPS) is 21.2. The molecule has 134 valence electrons. The summed E-state index contributed by atoms with van der Waals surface area (Å²) in [6.45, 7) is 7.74. The van der Waals surface area contributed by atoms with Gasteiger partial charge >= 0.3 is 0 Å². The Hall–Kier alpha value is -1.78. The van der Waals surface area contributed by atoms with Crippen molar-refractivity contribution in [1.82, 2.24) is 4.90 Å². The Balaban J connectivity index is 2.15. The summed E-state index contributed by atoms with van der Waals surface area (Å²) in [7, 11) is 2.02. The maximum atomic E-state index is 13.7. The first-order valence-electron chi connectivity index (χ1n) is 8.71. The second-order valence-electron chi connectivity index (χ2n) is 8.04. The fourth-order valence-electron chi connectivity index (χ4n) is 3.77. The van der Waals surface area contributed by atoms with Crippen LogP contribution in [-0.2, 0) is 5.41 Å². The molecule has 0 saturated heterocycles. The van der Waals surface area contributed by atoms with Crippen LogP contribution in [0.25, 0.3) is 0 Å². The third kappa shape index (κ3) is 3.46. The number of nitrogens with two attached hydrogens (primary N) is 1. The lowest BCUT2D eigenvalue weighted by Gasteiger charge is -2.40. The van der Waals surface area contributed by atoms with Gasteiger partial charge in [0.15, 0.2) is 0 Å². The first-order chi connectivity index (χ1) is 11.7. The van der Waals surface area contributed by atoms with Crippen molar-refractivity contribution < 1.29 is 8.78 Å². The molecule has 0 spiro atoms. The first kappa shape index (κ1) is 18.0. The van der Waals surface area contributed by atoms with Crippen LogP contribution < -0.4 is 5.73 Å². The molecule has 25 heavy (non-hydrogen) atoms. The van der Waals surface area contributed by atoms with Gasteiger partial charge in [-0.25, -0.2) is 8.78 Å². The Bertz CT molecular complexity index is 760. The van der Waals surface area contributed by atoms with E-state index in [0.717, 1.165) is 11.6 Å². The van der Waals surface area contributed by atoms with Gasteiger partial charge in [-0.1, -0.05) is 39.0 Å². The van der Waals surface area contributed by atoms with Gasteiger partial charge in [-0.15, -0.1) is 0 Å². The quantitative estimate of drug-likeness (QED) is 0.878. The van der Waals surface area contributed by atoms with Crippen LogP contribution in [0, 0.1) is 11.6 Å². The zero-order chi connectivity index (χ0) is 18.4. The first-order valence-corrected chi connectivity index (χ1v) is 8.71. The predicted octanol–water partition coefficient (Wildman–Crippen LogP) is 4.34. The van der Waals surface area contributed by atoms with Crippen molar-refractivity contribution in [3.63, 3.8) is 0 Å². The second-order valence-corrected chi connectivity index (χ2v) is 8.04. The number of likely N-dealkylation sites (N-methyl/N-ethyl adjacent to an activating group) is 1. The molecule has 0 fully saturated rings. The van der Waals surface area contributed by atoms with Crippen molar-refractivity contribution in [2.45, 2.75) is 38.1 Å². The molecule has 2 unspecified atom stereocenters. The zero-order valence-electron chi connectivity index (χ0n) is 15.3. The van der Waals surface area contributed by atoms with Crippen LogP contribution in [0.4, 0.5) is 8.78 Å². The van der Waals surface area contributed by atoms with Crippen molar-refractivity contribution in [2.24, 2.45) is 5.73 Å². The van der Waals surface area contributed by atoms with Gasteiger partial charge in [0.25, 0.3) is 0 Å². The Morgan fingerprint density at radius 3 is 2.24 bits per heavy atom. The molecule has 0 saturated carbocycles. The highest BCUT2D eigenvalue weighted by atomic mass is 19.1. The number of fused-ring (bicyclic) bond motifs is 1. The maximum absolute atomic E-state index is 13.7. The largest absolute Gasteiger partial charge is 0.329 e. The molecule has 2 aromatic rings. The Morgan fingerprint density at radius 1 is 1.04 bits per heavy atom. The van der Waals surface area contributed by atoms with Gasteiger partial charge in [-0.05, 0) is 46.8 Å². The summed E-state index contributed by atoms with van der Waals surface area (Å²) in [5, 5.41) is 0. The molecule has 0 bridgehead atoms. The molecule has 3 rings (SSSR count). The van der Waals surface area contributed by atoms with Crippen LogP contribution in [0.5, 0.6) is 0 Å². The van der Waals surface area contributed by atoms with Crippen molar-refractivity contribution in [3.8, 4) is 0 Å². The molecule has 0 radical (unpaired) electrons. The molecule has 1 aliphatic rings. The van der Waals surface area contributed by atoms with E-state index in [4.69, 9.17) is 5.73 Å². The highest BCUT2D eigenvalue weighted by Gasteiger charge is 2.32. The molecule has 0 aromatic heterocycles. The highest BCUT2D eigenvalue weighted by molar-refractivity contribution is 5.45. The molecule has 1 aliphatic heterocycles. The van der Waals surface area contributed by atoms with Crippen molar-refractivity contribution in [1.29, 1.82) is 0 Å². The van der Waals surface area contributed by atoms with E-state index in [1.165, 1.54) is 23.3 Å². The van der Waals surface area contributed by atoms with Crippen molar-refractivity contribution in [2.75, 3.05) is 20.1 Å². The minimum atomic E-state index is -0.536. The average Bonchev–Trinajstić information content (AvgIpc) is 2.51. The third-order valence-corrected chi connectivity index (χ3v) is 5.20. The fourth-order valence-corrected chi connectivity index (χ4v) is 3.77. The summed E-state index contributed by atoms with van der Waals surface area (Å²) in [5.74, 6) is -1.14. The third-order valence-electron chi connectivity index (χ3n) is 5.20. The lowest BCUT2D eigenvalue weighted by molar-refractivity contribution is 0.223. The molecule has 2 nitrogen and oxygen atoms in total. The predicted molar refractivity (Wildman–Crippen MR) is 97.8 cm³/mol. The molecule has 4 heteroatoms. The highest BCUT2D eigenvalue weighted by Crippen LogP contribution is 2.40. The van der Waals surface area contributed by atoms with Crippen LogP contribution in [0.1, 0.15) is 55.0 Å². The molecule has 2 aromatic carbocycles. The van der Waals surface area contributed by atoms with Gasteiger partial charge < -0.3 is 5.73 Å². The van der Waals surface area contributed by atoms with Gasteiger partial charge in [0.1, 0.15) is 11.6 Å². The molecule has 1 heterocycles. The van der Waals surface area contributed by atoms with Crippen LogP contribution in [0.2, 0.25) is 0 Å². The van der Waals surface area contributed by atoms with Crippen LogP contribution in [0.15, 0.2) is 36.4 Å². The molecule has 0 aliphatic carbocycles. The summed E-state index contributed by atoms with van der Waals surface area (Å²) in [5.41, 5.74) is 10.3. The second kappa shape index (κ2) is 6.50. The summed E-state index contributed by atoms with van der Waals surface area (Å²) in [4.78, 5) is 2.18. The standard InChI is InChI=1S/C21H26F2N2/c1-21(2,3)14-5-6-17-18(9-14)20(11-24)25(4)12-19(17)13-7-15(22)10-16(23)8-13/h5-10,19-20H,11-12,24H2,1-4H3. The summed E-state index contributed by atoms with van der Waals surface area (Å²) < 4.78 is 27.5. The van der Waals surface area contributed by atoms with Crippen molar-refractivity contribution >= 4 is 0 Å². The van der Waals surface area contributed by atoms with E-state index < -0.39 is 11.6 Å². The molecule has 2 N–H and O–H groups in total. The van der Waals surface area contributed by atoms with Crippen LogP contribution in [-0.4, -0.2) is 25.0 Å². The molecular formula is C21H26F2N2.